The molecule has 6 rings (SSSR count). The number of carbonyl (C=O) groups excluding carboxylic acids is 2. The van der Waals surface area contributed by atoms with Gasteiger partial charge in [0.2, 0.25) is 0 Å². The number of nitro benzene ring substituents is 1. The highest BCUT2D eigenvalue weighted by atomic mass is 35.5. The number of aromatic nitrogens is 2. The zero-order valence-electron chi connectivity index (χ0n) is 25.0. The van der Waals surface area contributed by atoms with Gasteiger partial charge in [0.05, 0.1) is 44.3 Å². The number of hydrogen-bond acceptors (Lipinski definition) is 8. The Bertz CT molecular complexity index is 1940. The molecule has 2 amide bonds. The number of piperazine rings is 1. The summed E-state index contributed by atoms with van der Waals surface area (Å²) in [6.45, 7) is 3.15. The SMILES string of the molecule is N#Cc1ccc(Cn2cncc2CN(C(=O)c2ccc([N+](=O)[O-])cc2)c2ccc(N3CCN(C(=O)c4ccc(Cl)s4)CC3)cc2)cc1. The summed E-state index contributed by atoms with van der Waals surface area (Å²) in [5.41, 5.74) is 4.15. The minimum absolute atomic E-state index is 0.0179. The van der Waals surface area contributed by atoms with Gasteiger partial charge in [-0.1, -0.05) is 23.7 Å². The summed E-state index contributed by atoms with van der Waals surface area (Å²) in [5, 5.41) is 20.3. The van der Waals surface area contributed by atoms with E-state index >= 15 is 0 Å². The molecule has 13 heteroatoms. The summed E-state index contributed by atoms with van der Waals surface area (Å²) >= 11 is 7.30. The minimum Gasteiger partial charge on any atom is -0.368 e. The van der Waals surface area contributed by atoms with Crippen LogP contribution in [0.2, 0.25) is 4.34 Å². The number of thiophene rings is 1. The first kappa shape index (κ1) is 31.5. The number of amides is 2. The maximum Gasteiger partial charge on any atom is 0.269 e. The number of hydrogen-bond donors (Lipinski definition) is 0. The van der Waals surface area contributed by atoms with Crippen molar-refractivity contribution in [2.24, 2.45) is 0 Å². The molecule has 5 aromatic rings. The first-order valence-electron chi connectivity index (χ1n) is 14.7. The Morgan fingerprint density at radius 3 is 2.28 bits per heavy atom. The quantitative estimate of drug-likeness (QED) is 0.135. The number of nitrogens with zero attached hydrogens (tertiary/aromatic N) is 7. The van der Waals surface area contributed by atoms with E-state index in [2.05, 4.69) is 16.0 Å². The number of anilines is 2. The molecule has 1 aliphatic heterocycles. The summed E-state index contributed by atoms with van der Waals surface area (Å²) in [6, 6.07) is 26.1. The van der Waals surface area contributed by atoms with E-state index < -0.39 is 4.92 Å². The molecule has 0 atom stereocenters. The van der Waals surface area contributed by atoms with E-state index in [4.69, 9.17) is 16.9 Å². The third-order valence-electron chi connectivity index (χ3n) is 8.00. The molecular weight excluding hydrogens is 638 g/mol. The first-order valence-corrected chi connectivity index (χ1v) is 15.9. The summed E-state index contributed by atoms with van der Waals surface area (Å²) in [7, 11) is 0. The van der Waals surface area contributed by atoms with Crippen LogP contribution < -0.4 is 9.80 Å². The molecule has 0 unspecified atom stereocenters. The van der Waals surface area contributed by atoms with Gasteiger partial charge in [0.1, 0.15) is 0 Å². The monoisotopic (exact) mass is 665 g/mol. The van der Waals surface area contributed by atoms with Crippen LogP contribution in [0.3, 0.4) is 0 Å². The fourth-order valence-corrected chi connectivity index (χ4v) is 6.43. The lowest BCUT2D eigenvalue weighted by Gasteiger charge is -2.36. The summed E-state index contributed by atoms with van der Waals surface area (Å²) < 4.78 is 2.53. The largest absolute Gasteiger partial charge is 0.368 e. The fourth-order valence-electron chi connectivity index (χ4n) is 5.42. The molecule has 0 saturated carbocycles. The van der Waals surface area contributed by atoms with Crippen molar-refractivity contribution in [3.05, 3.63) is 139 Å². The van der Waals surface area contributed by atoms with Crippen molar-refractivity contribution < 1.29 is 14.5 Å². The molecule has 0 aliphatic carbocycles. The lowest BCUT2D eigenvalue weighted by Crippen LogP contribution is -2.48. The van der Waals surface area contributed by atoms with Crippen LogP contribution in [0.25, 0.3) is 0 Å². The van der Waals surface area contributed by atoms with Crippen molar-refractivity contribution in [1.29, 1.82) is 5.26 Å². The molecule has 2 aromatic heterocycles. The molecule has 0 radical (unpaired) electrons. The van der Waals surface area contributed by atoms with E-state index in [9.17, 15) is 19.7 Å². The van der Waals surface area contributed by atoms with Gasteiger partial charge in [-0.25, -0.2) is 4.98 Å². The Morgan fingerprint density at radius 2 is 1.66 bits per heavy atom. The Kier molecular flexibility index (Phi) is 9.28. The van der Waals surface area contributed by atoms with E-state index in [1.54, 1.807) is 41.7 Å². The van der Waals surface area contributed by atoms with Gasteiger partial charge >= 0.3 is 0 Å². The van der Waals surface area contributed by atoms with Crippen LogP contribution in [0, 0.1) is 21.4 Å². The molecule has 0 spiro atoms. The molecule has 0 bridgehead atoms. The van der Waals surface area contributed by atoms with Gasteiger partial charge in [0, 0.05) is 68.0 Å². The normalized spacial score (nSPS) is 12.9. The third kappa shape index (κ3) is 7.17. The highest BCUT2D eigenvalue weighted by molar-refractivity contribution is 7.17. The molecule has 3 heterocycles. The number of rotatable bonds is 9. The predicted molar refractivity (Wildman–Crippen MR) is 180 cm³/mol. The molecule has 0 N–H and O–H groups in total. The Morgan fingerprint density at radius 1 is 0.957 bits per heavy atom. The van der Waals surface area contributed by atoms with Crippen molar-refractivity contribution >= 4 is 51.8 Å². The number of nitro groups is 1. The third-order valence-corrected chi connectivity index (χ3v) is 9.22. The maximum atomic E-state index is 13.9. The van der Waals surface area contributed by atoms with Crippen molar-refractivity contribution in [2.45, 2.75) is 13.1 Å². The van der Waals surface area contributed by atoms with Crippen molar-refractivity contribution in [2.75, 3.05) is 36.0 Å². The van der Waals surface area contributed by atoms with Gasteiger partial charge in [0.15, 0.2) is 0 Å². The average Bonchev–Trinajstić information content (AvgIpc) is 3.75. The van der Waals surface area contributed by atoms with Crippen LogP contribution in [0.4, 0.5) is 17.1 Å². The maximum absolute atomic E-state index is 13.9. The van der Waals surface area contributed by atoms with Gasteiger partial charge in [-0.15, -0.1) is 11.3 Å². The zero-order chi connectivity index (χ0) is 32.9. The van der Waals surface area contributed by atoms with Crippen molar-refractivity contribution in [1.82, 2.24) is 14.5 Å². The summed E-state index contributed by atoms with van der Waals surface area (Å²) in [6.07, 6.45) is 3.40. The van der Waals surface area contributed by atoms with Crippen LogP contribution in [0.1, 0.15) is 36.9 Å². The number of non-ortho nitro benzene ring substituents is 1. The van der Waals surface area contributed by atoms with Gasteiger partial charge in [-0.05, 0) is 66.2 Å². The molecule has 1 aliphatic rings. The minimum atomic E-state index is -0.500. The van der Waals surface area contributed by atoms with Crippen molar-refractivity contribution in [3.63, 3.8) is 0 Å². The Balaban J connectivity index is 1.21. The standard InChI is InChI=1S/C34H28ClN7O4S/c35-32-14-13-31(47-32)34(44)39-17-15-38(16-18-39)27-9-11-28(12-10-27)41(33(43)26-5-7-29(8-6-26)42(45)46)22-30-20-37-23-40(30)21-25-3-1-24(19-36)2-4-25/h1-14,20,23H,15-18,21-22H2. The Labute approximate surface area is 279 Å². The van der Waals surface area contributed by atoms with Crippen LogP contribution in [-0.2, 0) is 13.1 Å². The highest BCUT2D eigenvalue weighted by Crippen LogP contribution is 2.27. The van der Waals surface area contributed by atoms with E-state index in [0.717, 1.165) is 16.9 Å². The summed E-state index contributed by atoms with van der Waals surface area (Å²) in [4.78, 5) is 48.1. The van der Waals surface area contributed by atoms with Crippen LogP contribution in [-0.4, -0.2) is 57.4 Å². The van der Waals surface area contributed by atoms with Crippen LogP contribution in [0.15, 0.2) is 97.5 Å². The molecule has 236 valence electrons. The number of benzene rings is 3. The smallest absolute Gasteiger partial charge is 0.269 e. The van der Waals surface area contributed by atoms with Crippen LogP contribution >= 0.6 is 22.9 Å². The average molecular weight is 666 g/mol. The fraction of sp³-hybridized carbons (Fsp3) is 0.176. The van der Waals surface area contributed by atoms with E-state index in [-0.39, 0.29) is 24.0 Å². The van der Waals surface area contributed by atoms with E-state index in [1.807, 2.05) is 45.9 Å². The zero-order valence-corrected chi connectivity index (χ0v) is 26.6. The summed E-state index contributed by atoms with van der Waals surface area (Å²) in [5.74, 6) is -0.338. The lowest BCUT2D eigenvalue weighted by molar-refractivity contribution is -0.384. The van der Waals surface area contributed by atoms with Crippen LogP contribution in [0.5, 0.6) is 0 Å². The first-order chi connectivity index (χ1) is 22.8. The van der Waals surface area contributed by atoms with Gasteiger partial charge in [-0.2, -0.15) is 5.26 Å². The highest BCUT2D eigenvalue weighted by Gasteiger charge is 2.25. The Hall–Kier alpha value is -5.51. The second-order valence-electron chi connectivity index (χ2n) is 10.9. The van der Waals surface area contributed by atoms with Gasteiger partial charge in [0.25, 0.3) is 17.5 Å². The molecule has 1 fully saturated rings. The second kappa shape index (κ2) is 13.9. The van der Waals surface area contributed by atoms with Gasteiger partial charge in [-0.3, -0.25) is 19.7 Å². The molecule has 1 saturated heterocycles. The second-order valence-corrected chi connectivity index (χ2v) is 12.6. The number of carbonyl (C=O) groups is 2. The van der Waals surface area contributed by atoms with E-state index in [0.29, 0.717) is 58.8 Å². The predicted octanol–water partition coefficient (Wildman–Crippen LogP) is 6.24. The number of nitriles is 1. The molecule has 3 aromatic carbocycles. The van der Waals surface area contributed by atoms with Crippen molar-refractivity contribution in [3.8, 4) is 6.07 Å². The molecule has 47 heavy (non-hydrogen) atoms. The topological polar surface area (TPSA) is 129 Å². The molecule has 11 nitrogen and oxygen atoms in total. The number of imidazole rings is 1. The molecular formula is C34H28ClN7O4S. The number of halogens is 1. The lowest BCUT2D eigenvalue weighted by atomic mass is 10.1. The van der Waals surface area contributed by atoms with Gasteiger partial charge < -0.3 is 19.3 Å². The van der Waals surface area contributed by atoms with E-state index in [1.165, 1.54) is 35.6 Å².